The average molecular weight is 809 g/mol. The van der Waals surface area contributed by atoms with Gasteiger partial charge in [-0.25, -0.2) is 0 Å². The number of rotatable bonds is 6. The summed E-state index contributed by atoms with van der Waals surface area (Å²) in [5.74, 6) is 0. The summed E-state index contributed by atoms with van der Waals surface area (Å²) in [6, 6.07) is 90.1. The lowest BCUT2D eigenvalue weighted by atomic mass is 9.83. The van der Waals surface area contributed by atoms with Crippen molar-refractivity contribution < 1.29 is 0 Å². The van der Waals surface area contributed by atoms with E-state index in [-0.39, 0.29) is 0 Å². The number of allylic oxidation sites excluding steroid dienone is 5. The lowest BCUT2D eigenvalue weighted by Crippen LogP contribution is -1.97. The summed E-state index contributed by atoms with van der Waals surface area (Å²) < 4.78 is 0. The second-order valence-corrected chi connectivity index (χ2v) is 17.1. The fraction of sp³-hybridized carbons (Fsp3) is 0. The summed E-state index contributed by atoms with van der Waals surface area (Å²) in [6.45, 7) is 0. The molecule has 0 aromatic heterocycles. The smallest absolute Gasteiger partial charge is 0.000137 e. The fourth-order valence-electron chi connectivity index (χ4n) is 10.7. The molecule has 2 aliphatic rings. The Kier molecular flexibility index (Phi) is 8.32. The Morgan fingerprint density at radius 1 is 0.156 bits per heavy atom. The van der Waals surface area contributed by atoms with Gasteiger partial charge in [0.2, 0.25) is 0 Å². The van der Waals surface area contributed by atoms with Crippen LogP contribution in [0, 0.1) is 0 Å². The Balaban J connectivity index is 1.22. The monoisotopic (exact) mass is 808 g/mol. The molecule has 0 atom stereocenters. The normalized spacial score (nSPS) is 13.4. The van der Waals surface area contributed by atoms with Gasteiger partial charge >= 0.3 is 0 Å². The molecule has 0 spiro atoms. The largest absolute Gasteiger partial charge is 0.0622 e. The number of hydrogen-bond donors (Lipinski definition) is 0. The highest BCUT2D eigenvalue weighted by molar-refractivity contribution is 6.40. The maximum Gasteiger partial charge on any atom is -0.000137 e. The molecule has 0 N–H and O–H groups in total. The first-order valence-electron chi connectivity index (χ1n) is 22.2. The minimum absolute atomic E-state index is 1.20. The molecule has 0 fully saturated rings. The molecule has 0 unspecified atom stereocenters. The highest BCUT2D eigenvalue weighted by atomic mass is 14.4. The first-order valence-corrected chi connectivity index (χ1v) is 22.2. The molecule has 0 aliphatic heterocycles. The van der Waals surface area contributed by atoms with E-state index in [2.05, 4.69) is 243 Å². The summed E-state index contributed by atoms with van der Waals surface area (Å²) in [5.41, 5.74) is 19.9. The van der Waals surface area contributed by atoms with Gasteiger partial charge in [0.15, 0.2) is 0 Å². The molecule has 11 aromatic rings. The van der Waals surface area contributed by atoms with Crippen molar-refractivity contribution >= 4 is 71.0 Å². The average Bonchev–Trinajstić information content (AvgIpc) is 3.89. The predicted octanol–water partition coefficient (Wildman–Crippen LogP) is 17.0. The third-order valence-electron chi connectivity index (χ3n) is 13.6. The molecule has 2 aliphatic carbocycles. The van der Waals surface area contributed by atoms with E-state index in [1.165, 1.54) is 132 Å². The molecule has 0 bridgehead atoms. The van der Waals surface area contributed by atoms with E-state index in [1.807, 2.05) is 0 Å². The quantitative estimate of drug-likeness (QED) is 0.147. The molecule has 0 radical (unpaired) electrons. The van der Waals surface area contributed by atoms with E-state index < -0.39 is 0 Å². The van der Waals surface area contributed by atoms with Gasteiger partial charge in [-0.05, 0) is 156 Å². The molecule has 296 valence electrons. The summed E-state index contributed by atoms with van der Waals surface area (Å²) in [4.78, 5) is 0. The van der Waals surface area contributed by atoms with E-state index in [4.69, 9.17) is 0 Å². The molecule has 0 amide bonds. The van der Waals surface area contributed by atoms with Gasteiger partial charge in [0, 0.05) is 0 Å². The van der Waals surface area contributed by atoms with Crippen LogP contribution in [0.5, 0.6) is 0 Å². The van der Waals surface area contributed by atoms with Gasteiger partial charge in [-0.2, -0.15) is 0 Å². The van der Waals surface area contributed by atoms with Crippen LogP contribution < -0.4 is 0 Å². The molecule has 0 saturated heterocycles. The van der Waals surface area contributed by atoms with Crippen molar-refractivity contribution in [3.05, 3.63) is 282 Å². The molecule has 13 rings (SSSR count). The van der Waals surface area contributed by atoms with Gasteiger partial charge < -0.3 is 0 Å². The first-order chi connectivity index (χ1) is 31.8. The maximum absolute atomic E-state index is 2.50. The molecule has 0 heteroatoms. The number of benzene rings is 11. The third kappa shape index (κ3) is 5.70. The second-order valence-electron chi connectivity index (χ2n) is 17.1. The molecule has 0 saturated carbocycles. The topological polar surface area (TPSA) is 0 Å². The minimum Gasteiger partial charge on any atom is -0.0622 e. The first kappa shape index (κ1) is 36.3. The Labute approximate surface area is 373 Å². The Morgan fingerprint density at radius 3 is 0.953 bits per heavy atom. The van der Waals surface area contributed by atoms with E-state index >= 15 is 0 Å². The Hall–Kier alpha value is -8.32. The SMILES string of the molecule is c1ccc(C2=C3C(=C(c4ccccc4)c4cc(-c5ccccc5)c(-c5ccccc5)cc43)C(c3ccc4ccc5ccccc5c4c3)=C2c2ccc3ccc4ccccc4c3c2)cc1. The van der Waals surface area contributed by atoms with E-state index in [0.717, 1.165) is 0 Å². The predicted molar refractivity (Wildman–Crippen MR) is 273 cm³/mol. The van der Waals surface area contributed by atoms with Crippen molar-refractivity contribution in [2.75, 3.05) is 0 Å². The van der Waals surface area contributed by atoms with Gasteiger partial charge in [0.25, 0.3) is 0 Å². The fourth-order valence-corrected chi connectivity index (χ4v) is 10.7. The van der Waals surface area contributed by atoms with Crippen LogP contribution in [-0.4, -0.2) is 0 Å². The zero-order valence-electron chi connectivity index (χ0n) is 35.1. The molecule has 64 heavy (non-hydrogen) atoms. The zero-order chi connectivity index (χ0) is 42.1. The van der Waals surface area contributed by atoms with Crippen molar-refractivity contribution in [1.29, 1.82) is 0 Å². The van der Waals surface area contributed by atoms with Crippen molar-refractivity contribution in [1.82, 2.24) is 0 Å². The highest BCUT2D eigenvalue weighted by Gasteiger charge is 2.41. The van der Waals surface area contributed by atoms with Crippen molar-refractivity contribution in [3.8, 4) is 22.3 Å². The molecular formula is C64H40. The van der Waals surface area contributed by atoms with E-state index in [0.29, 0.717) is 0 Å². The molecule has 0 heterocycles. The van der Waals surface area contributed by atoms with Crippen LogP contribution in [0.4, 0.5) is 0 Å². The molecule has 0 nitrogen and oxygen atoms in total. The second kappa shape index (κ2) is 14.7. The third-order valence-corrected chi connectivity index (χ3v) is 13.6. The standard InChI is InChI=1S/C64H40/c1-5-17-41(18-6-1)55-39-57-58(40-56(55)42-19-7-2-8-20-42)63-60(48-25-11-4-12-26-48)61(49-35-33-45-31-29-43-21-13-15-27-51(43)53(45)37-49)62(64(63)59(57)47-23-9-3-10-24-47)50-36-34-46-32-30-44-22-14-16-28-52(44)54(46)38-50/h1-40H. The number of fused-ring (bicyclic) bond motifs is 9. The van der Waals surface area contributed by atoms with Crippen LogP contribution in [0.2, 0.25) is 0 Å². The van der Waals surface area contributed by atoms with E-state index in [9.17, 15) is 0 Å². The van der Waals surface area contributed by atoms with Crippen LogP contribution in [0.3, 0.4) is 0 Å². The van der Waals surface area contributed by atoms with Gasteiger partial charge in [-0.15, -0.1) is 0 Å². The van der Waals surface area contributed by atoms with Gasteiger partial charge in [0.1, 0.15) is 0 Å². The zero-order valence-corrected chi connectivity index (χ0v) is 35.1. The Morgan fingerprint density at radius 2 is 0.484 bits per heavy atom. The molecule has 11 aromatic carbocycles. The summed E-state index contributed by atoms with van der Waals surface area (Å²) in [6.07, 6.45) is 0. The van der Waals surface area contributed by atoms with Gasteiger partial charge in [0.05, 0.1) is 0 Å². The minimum atomic E-state index is 1.20. The van der Waals surface area contributed by atoms with Gasteiger partial charge in [-0.3, -0.25) is 0 Å². The number of hydrogen-bond acceptors (Lipinski definition) is 0. The molecular weight excluding hydrogens is 769 g/mol. The van der Waals surface area contributed by atoms with Crippen LogP contribution in [0.15, 0.2) is 248 Å². The van der Waals surface area contributed by atoms with Crippen molar-refractivity contribution in [2.45, 2.75) is 0 Å². The van der Waals surface area contributed by atoms with Crippen LogP contribution in [-0.2, 0) is 0 Å². The highest BCUT2D eigenvalue weighted by Crippen LogP contribution is 2.62. The lowest BCUT2D eigenvalue weighted by molar-refractivity contribution is 1.52. The van der Waals surface area contributed by atoms with Crippen molar-refractivity contribution in [3.63, 3.8) is 0 Å². The van der Waals surface area contributed by atoms with Crippen molar-refractivity contribution in [2.24, 2.45) is 0 Å². The van der Waals surface area contributed by atoms with Crippen LogP contribution in [0.1, 0.15) is 33.4 Å². The van der Waals surface area contributed by atoms with Gasteiger partial charge in [-0.1, -0.05) is 218 Å². The summed E-state index contributed by atoms with van der Waals surface area (Å²) in [5, 5.41) is 10.0. The maximum atomic E-state index is 2.50. The van der Waals surface area contributed by atoms with Crippen LogP contribution >= 0.6 is 0 Å². The lowest BCUT2D eigenvalue weighted by Gasteiger charge is -2.19. The van der Waals surface area contributed by atoms with Crippen LogP contribution in [0.25, 0.3) is 93.2 Å². The van der Waals surface area contributed by atoms with E-state index in [1.54, 1.807) is 0 Å². The summed E-state index contributed by atoms with van der Waals surface area (Å²) >= 11 is 0. The Bertz CT molecular complexity index is 3770. The summed E-state index contributed by atoms with van der Waals surface area (Å²) in [7, 11) is 0.